The van der Waals surface area contributed by atoms with Gasteiger partial charge in [-0.05, 0) is 31.2 Å². The Labute approximate surface area is 152 Å². The highest BCUT2D eigenvalue weighted by molar-refractivity contribution is 6.02. The number of nitro benzene ring substituents is 1. The zero-order valence-corrected chi connectivity index (χ0v) is 14.1. The Kier molecular flexibility index (Phi) is 5.02. The summed E-state index contributed by atoms with van der Waals surface area (Å²) in [5.41, 5.74) is -0.734. The second kappa shape index (κ2) is 7.40. The SMILES string of the molecule is C[C@H](OC(=O)c1cc2c(cc1[N+](=O)[O-])OCCO2)C(=O)c1ccc(F)cc1. The normalized spacial score (nSPS) is 13.6. The summed E-state index contributed by atoms with van der Waals surface area (Å²) in [4.78, 5) is 35.3. The number of rotatable bonds is 5. The average molecular weight is 375 g/mol. The summed E-state index contributed by atoms with van der Waals surface area (Å²) in [5.74, 6) is -1.80. The number of carbonyl (C=O) groups is 2. The fourth-order valence-corrected chi connectivity index (χ4v) is 2.52. The molecule has 140 valence electrons. The molecule has 0 aliphatic carbocycles. The number of benzene rings is 2. The molecule has 0 amide bonds. The molecule has 0 bridgehead atoms. The van der Waals surface area contributed by atoms with E-state index in [0.29, 0.717) is 0 Å². The van der Waals surface area contributed by atoms with Crippen molar-refractivity contribution >= 4 is 17.4 Å². The van der Waals surface area contributed by atoms with Gasteiger partial charge >= 0.3 is 5.97 Å². The van der Waals surface area contributed by atoms with Crippen LogP contribution in [-0.2, 0) is 4.74 Å². The maximum Gasteiger partial charge on any atom is 0.346 e. The molecule has 1 atom stereocenters. The number of fused-ring (bicyclic) bond motifs is 1. The van der Waals surface area contributed by atoms with Crippen LogP contribution in [0, 0.1) is 15.9 Å². The molecular formula is C18H14FNO7. The summed E-state index contributed by atoms with van der Waals surface area (Å²) in [5, 5.41) is 11.3. The third-order valence-electron chi connectivity index (χ3n) is 3.86. The Balaban J connectivity index is 1.83. The molecule has 0 saturated heterocycles. The maximum absolute atomic E-state index is 13.0. The number of nitro groups is 1. The van der Waals surface area contributed by atoms with E-state index in [2.05, 4.69) is 0 Å². The number of ether oxygens (including phenoxy) is 3. The lowest BCUT2D eigenvalue weighted by Gasteiger charge is -2.19. The van der Waals surface area contributed by atoms with Gasteiger partial charge in [-0.3, -0.25) is 14.9 Å². The monoisotopic (exact) mass is 375 g/mol. The van der Waals surface area contributed by atoms with E-state index in [1.54, 1.807) is 0 Å². The van der Waals surface area contributed by atoms with Gasteiger partial charge in [-0.25, -0.2) is 9.18 Å². The first-order valence-corrected chi connectivity index (χ1v) is 7.95. The first-order chi connectivity index (χ1) is 12.9. The standard InChI is InChI=1S/C18H14FNO7/c1-10(17(21)11-2-4-12(19)5-3-11)27-18(22)13-8-15-16(26-7-6-25-15)9-14(13)20(23)24/h2-5,8-10H,6-7H2,1H3/t10-/m0/s1. The molecule has 0 N–H and O–H groups in total. The van der Waals surface area contributed by atoms with Crippen molar-refractivity contribution in [1.29, 1.82) is 0 Å². The first-order valence-electron chi connectivity index (χ1n) is 7.95. The van der Waals surface area contributed by atoms with Gasteiger partial charge in [-0.1, -0.05) is 0 Å². The lowest BCUT2D eigenvalue weighted by molar-refractivity contribution is -0.385. The minimum atomic E-state index is -1.23. The van der Waals surface area contributed by atoms with Crippen molar-refractivity contribution in [3.63, 3.8) is 0 Å². The molecule has 3 rings (SSSR count). The molecule has 0 aromatic heterocycles. The zero-order valence-electron chi connectivity index (χ0n) is 14.1. The van der Waals surface area contributed by atoms with Crippen molar-refractivity contribution in [2.45, 2.75) is 13.0 Å². The van der Waals surface area contributed by atoms with Gasteiger partial charge in [0.25, 0.3) is 5.69 Å². The Morgan fingerprint density at radius 2 is 1.74 bits per heavy atom. The fourth-order valence-electron chi connectivity index (χ4n) is 2.52. The molecule has 8 nitrogen and oxygen atoms in total. The van der Waals surface area contributed by atoms with Crippen molar-refractivity contribution in [2.24, 2.45) is 0 Å². The van der Waals surface area contributed by atoms with E-state index in [-0.39, 0.29) is 35.8 Å². The molecule has 0 spiro atoms. The molecule has 2 aromatic rings. The number of carbonyl (C=O) groups excluding carboxylic acids is 2. The van der Waals surface area contributed by atoms with Crippen molar-refractivity contribution in [2.75, 3.05) is 13.2 Å². The van der Waals surface area contributed by atoms with Crippen LogP contribution < -0.4 is 9.47 Å². The lowest BCUT2D eigenvalue weighted by atomic mass is 10.1. The number of nitrogens with zero attached hydrogens (tertiary/aromatic N) is 1. The summed E-state index contributed by atoms with van der Waals surface area (Å²) < 4.78 is 28.6. The molecule has 2 aromatic carbocycles. The topological polar surface area (TPSA) is 105 Å². The molecule has 1 aliphatic heterocycles. The second-order valence-corrected chi connectivity index (χ2v) is 5.69. The number of esters is 1. The number of Topliss-reactive ketones (excluding diaryl/α,β-unsaturated/α-hetero) is 1. The predicted molar refractivity (Wildman–Crippen MR) is 89.7 cm³/mol. The van der Waals surface area contributed by atoms with E-state index in [4.69, 9.17) is 14.2 Å². The summed E-state index contributed by atoms with van der Waals surface area (Å²) in [6, 6.07) is 6.96. The van der Waals surface area contributed by atoms with Crippen LogP contribution in [0.3, 0.4) is 0 Å². The Morgan fingerprint density at radius 3 is 2.33 bits per heavy atom. The molecule has 1 heterocycles. The van der Waals surface area contributed by atoms with E-state index >= 15 is 0 Å². The average Bonchev–Trinajstić information content (AvgIpc) is 2.66. The van der Waals surface area contributed by atoms with Crippen LogP contribution >= 0.6 is 0 Å². The van der Waals surface area contributed by atoms with Crippen molar-refractivity contribution in [3.05, 3.63) is 63.5 Å². The van der Waals surface area contributed by atoms with Gasteiger partial charge in [0.05, 0.1) is 11.0 Å². The molecule has 0 radical (unpaired) electrons. The molecule has 0 unspecified atom stereocenters. The number of ketones is 1. The van der Waals surface area contributed by atoms with Crippen molar-refractivity contribution in [1.82, 2.24) is 0 Å². The van der Waals surface area contributed by atoms with Gasteiger partial charge in [0.2, 0.25) is 5.78 Å². The highest BCUT2D eigenvalue weighted by Crippen LogP contribution is 2.37. The first kappa shape index (κ1) is 18.3. The van der Waals surface area contributed by atoms with Crippen LogP contribution in [0.1, 0.15) is 27.6 Å². The molecule has 0 saturated carbocycles. The number of hydrogen-bond donors (Lipinski definition) is 0. The van der Waals surface area contributed by atoms with Crippen LogP contribution in [0.15, 0.2) is 36.4 Å². The number of halogens is 1. The predicted octanol–water partition coefficient (Wildman–Crippen LogP) is 2.93. The Morgan fingerprint density at radius 1 is 1.15 bits per heavy atom. The largest absolute Gasteiger partial charge is 0.486 e. The maximum atomic E-state index is 13.0. The van der Waals surface area contributed by atoms with Crippen LogP contribution in [0.5, 0.6) is 11.5 Å². The minimum absolute atomic E-state index is 0.147. The van der Waals surface area contributed by atoms with Gasteiger partial charge < -0.3 is 14.2 Å². The highest BCUT2D eigenvalue weighted by atomic mass is 19.1. The molecule has 9 heteroatoms. The summed E-state index contributed by atoms with van der Waals surface area (Å²) in [7, 11) is 0. The highest BCUT2D eigenvalue weighted by Gasteiger charge is 2.29. The number of hydrogen-bond acceptors (Lipinski definition) is 7. The van der Waals surface area contributed by atoms with Gasteiger partial charge in [-0.2, -0.15) is 0 Å². The van der Waals surface area contributed by atoms with E-state index < -0.39 is 34.3 Å². The van der Waals surface area contributed by atoms with E-state index in [9.17, 15) is 24.1 Å². The third kappa shape index (κ3) is 3.86. The molecule has 0 fully saturated rings. The van der Waals surface area contributed by atoms with Gasteiger partial charge in [0.1, 0.15) is 24.6 Å². The van der Waals surface area contributed by atoms with Crippen LogP contribution in [-0.4, -0.2) is 36.0 Å². The van der Waals surface area contributed by atoms with Crippen LogP contribution in [0.4, 0.5) is 10.1 Å². The fraction of sp³-hybridized carbons (Fsp3) is 0.222. The zero-order chi connectivity index (χ0) is 19.6. The Hall–Kier alpha value is -3.49. The van der Waals surface area contributed by atoms with E-state index in [0.717, 1.165) is 24.3 Å². The molecular weight excluding hydrogens is 361 g/mol. The van der Waals surface area contributed by atoms with Gasteiger partial charge in [-0.15, -0.1) is 0 Å². The lowest BCUT2D eigenvalue weighted by Crippen LogP contribution is -2.25. The van der Waals surface area contributed by atoms with Crippen molar-refractivity contribution < 1.29 is 33.1 Å². The smallest absolute Gasteiger partial charge is 0.346 e. The van der Waals surface area contributed by atoms with Gasteiger partial charge in [0.15, 0.2) is 17.6 Å². The summed E-state index contributed by atoms with van der Waals surface area (Å²) in [6.45, 7) is 1.79. The molecule has 27 heavy (non-hydrogen) atoms. The summed E-state index contributed by atoms with van der Waals surface area (Å²) >= 11 is 0. The molecule has 1 aliphatic rings. The van der Waals surface area contributed by atoms with Crippen molar-refractivity contribution in [3.8, 4) is 11.5 Å². The van der Waals surface area contributed by atoms with Gasteiger partial charge in [0, 0.05) is 11.6 Å². The summed E-state index contributed by atoms with van der Waals surface area (Å²) in [6.07, 6.45) is -1.23. The second-order valence-electron chi connectivity index (χ2n) is 5.69. The van der Waals surface area contributed by atoms with E-state index in [1.165, 1.54) is 19.1 Å². The Bertz CT molecular complexity index is 911. The van der Waals surface area contributed by atoms with Crippen LogP contribution in [0.25, 0.3) is 0 Å². The van der Waals surface area contributed by atoms with E-state index in [1.807, 2.05) is 0 Å². The quantitative estimate of drug-likeness (QED) is 0.342. The van der Waals surface area contributed by atoms with Crippen LogP contribution in [0.2, 0.25) is 0 Å². The minimum Gasteiger partial charge on any atom is -0.486 e. The third-order valence-corrected chi connectivity index (χ3v) is 3.86.